The molecule has 6 heteroatoms. The Hall–Kier alpha value is -1.56. The molecule has 0 aliphatic heterocycles. The Labute approximate surface area is 116 Å². The number of aliphatic carboxylic acids is 1. The third-order valence-electron chi connectivity index (χ3n) is 3.12. The van der Waals surface area contributed by atoms with Crippen LogP contribution >= 0.6 is 11.3 Å². The lowest BCUT2D eigenvalue weighted by Gasteiger charge is -2.28. The maximum Gasteiger partial charge on any atom is 0.323 e. The van der Waals surface area contributed by atoms with Gasteiger partial charge in [-0.3, -0.25) is 4.79 Å². The molecule has 0 bridgehead atoms. The Kier molecular flexibility index (Phi) is 4.42. The summed E-state index contributed by atoms with van der Waals surface area (Å²) in [7, 11) is 0. The largest absolute Gasteiger partial charge is 0.480 e. The van der Waals surface area contributed by atoms with E-state index in [4.69, 9.17) is 5.11 Å². The molecule has 0 atom stereocenters. The molecule has 2 amide bonds. The highest BCUT2D eigenvalue weighted by molar-refractivity contribution is 7.09. The molecule has 0 unspecified atom stereocenters. The molecule has 0 aromatic carbocycles. The van der Waals surface area contributed by atoms with Crippen molar-refractivity contribution in [3.63, 3.8) is 0 Å². The second kappa shape index (κ2) is 6.06. The first kappa shape index (κ1) is 13.9. The zero-order chi connectivity index (χ0) is 13.8. The van der Waals surface area contributed by atoms with E-state index in [0.29, 0.717) is 13.1 Å². The van der Waals surface area contributed by atoms with Gasteiger partial charge in [-0.1, -0.05) is 6.07 Å². The summed E-state index contributed by atoms with van der Waals surface area (Å²) >= 11 is 1.62. The summed E-state index contributed by atoms with van der Waals surface area (Å²) in [5.74, 6) is -0.970. The lowest BCUT2D eigenvalue weighted by atomic mass is 10.4. The Bertz CT molecular complexity index is 443. The molecule has 1 saturated carbocycles. The smallest absolute Gasteiger partial charge is 0.323 e. The zero-order valence-electron chi connectivity index (χ0n) is 10.9. The second-order valence-corrected chi connectivity index (χ2v) is 5.66. The number of carboxylic acid groups (broad SMARTS) is 1. The Morgan fingerprint density at radius 2 is 2.21 bits per heavy atom. The van der Waals surface area contributed by atoms with Crippen LogP contribution in [-0.4, -0.2) is 46.0 Å². The number of rotatable bonds is 6. The molecule has 1 aromatic rings. The molecular weight excluding hydrogens is 264 g/mol. The van der Waals surface area contributed by atoms with E-state index in [-0.39, 0.29) is 18.6 Å². The van der Waals surface area contributed by atoms with E-state index in [0.717, 1.165) is 17.7 Å². The molecule has 104 valence electrons. The minimum absolute atomic E-state index is 0.166. The first-order valence-corrected chi connectivity index (χ1v) is 7.29. The van der Waals surface area contributed by atoms with Gasteiger partial charge >= 0.3 is 12.0 Å². The lowest BCUT2D eigenvalue weighted by molar-refractivity contribution is -0.137. The molecule has 1 fully saturated rings. The first-order valence-electron chi connectivity index (χ1n) is 6.41. The van der Waals surface area contributed by atoms with E-state index < -0.39 is 5.97 Å². The SMILES string of the molecule is CCN(CC(=O)O)C(=O)N(Cc1cccs1)C1CC1. The van der Waals surface area contributed by atoms with Crippen molar-refractivity contribution in [2.45, 2.75) is 32.4 Å². The number of thiophene rings is 1. The maximum absolute atomic E-state index is 12.4. The fraction of sp³-hybridized carbons (Fsp3) is 0.538. The fourth-order valence-corrected chi connectivity index (χ4v) is 2.67. The molecular formula is C13H18N2O3S. The Balaban J connectivity index is 2.05. The van der Waals surface area contributed by atoms with Gasteiger partial charge in [-0.05, 0) is 31.2 Å². The van der Waals surface area contributed by atoms with Gasteiger partial charge in [0.05, 0.1) is 6.54 Å². The molecule has 2 rings (SSSR count). The van der Waals surface area contributed by atoms with E-state index in [1.807, 2.05) is 17.5 Å². The number of carboxylic acids is 1. The minimum Gasteiger partial charge on any atom is -0.480 e. The van der Waals surface area contributed by atoms with E-state index in [2.05, 4.69) is 0 Å². The average Bonchev–Trinajstić information content (AvgIpc) is 3.09. The summed E-state index contributed by atoms with van der Waals surface area (Å²) in [6.07, 6.45) is 2.03. The van der Waals surface area contributed by atoms with Crippen LogP contribution in [0.4, 0.5) is 4.79 Å². The molecule has 5 nitrogen and oxygen atoms in total. The van der Waals surface area contributed by atoms with E-state index in [1.165, 1.54) is 4.90 Å². The lowest BCUT2D eigenvalue weighted by Crippen LogP contribution is -2.45. The Morgan fingerprint density at radius 3 is 2.68 bits per heavy atom. The summed E-state index contributed by atoms with van der Waals surface area (Å²) in [6, 6.07) is 4.07. The van der Waals surface area contributed by atoms with Crippen molar-refractivity contribution in [2.24, 2.45) is 0 Å². The number of urea groups is 1. The molecule has 19 heavy (non-hydrogen) atoms. The van der Waals surface area contributed by atoms with Crippen LogP contribution in [0.15, 0.2) is 17.5 Å². The van der Waals surface area contributed by atoms with E-state index >= 15 is 0 Å². The summed E-state index contributed by atoms with van der Waals surface area (Å²) in [6.45, 7) is 2.57. The van der Waals surface area contributed by atoms with Crippen molar-refractivity contribution in [3.8, 4) is 0 Å². The number of carbonyl (C=O) groups is 2. The van der Waals surface area contributed by atoms with Crippen LogP contribution in [0.5, 0.6) is 0 Å². The number of hydrogen-bond acceptors (Lipinski definition) is 3. The monoisotopic (exact) mass is 282 g/mol. The molecule has 0 spiro atoms. The molecule has 1 aliphatic carbocycles. The normalized spacial score (nSPS) is 14.2. The van der Waals surface area contributed by atoms with Gasteiger partial charge in [-0.2, -0.15) is 0 Å². The number of carbonyl (C=O) groups excluding carboxylic acids is 1. The topological polar surface area (TPSA) is 60.9 Å². The number of nitrogens with zero attached hydrogens (tertiary/aromatic N) is 2. The summed E-state index contributed by atoms with van der Waals surface area (Å²) in [5, 5.41) is 10.8. The predicted octanol–water partition coefficient (Wildman–Crippen LogP) is 2.24. The van der Waals surface area contributed by atoms with E-state index in [1.54, 1.807) is 23.2 Å². The van der Waals surface area contributed by atoms with Gasteiger partial charge in [0.1, 0.15) is 6.54 Å². The van der Waals surface area contributed by atoms with Gasteiger partial charge in [0, 0.05) is 17.5 Å². The summed E-state index contributed by atoms with van der Waals surface area (Å²) < 4.78 is 0. The predicted molar refractivity (Wildman–Crippen MR) is 73.2 cm³/mol. The zero-order valence-corrected chi connectivity index (χ0v) is 11.7. The average molecular weight is 282 g/mol. The molecule has 1 aliphatic rings. The molecule has 1 heterocycles. The summed E-state index contributed by atoms with van der Waals surface area (Å²) in [5.41, 5.74) is 0. The van der Waals surface area contributed by atoms with Crippen molar-refractivity contribution in [2.75, 3.05) is 13.1 Å². The van der Waals surface area contributed by atoms with Gasteiger partial charge in [-0.25, -0.2) is 4.79 Å². The van der Waals surface area contributed by atoms with Crippen LogP contribution in [0, 0.1) is 0 Å². The highest BCUT2D eigenvalue weighted by Gasteiger charge is 2.35. The second-order valence-electron chi connectivity index (χ2n) is 4.63. The van der Waals surface area contributed by atoms with Gasteiger partial charge in [0.2, 0.25) is 0 Å². The van der Waals surface area contributed by atoms with Crippen molar-refractivity contribution >= 4 is 23.3 Å². The third kappa shape index (κ3) is 3.70. The third-order valence-corrected chi connectivity index (χ3v) is 3.98. The molecule has 1 N–H and O–H groups in total. The highest BCUT2D eigenvalue weighted by atomic mass is 32.1. The fourth-order valence-electron chi connectivity index (χ4n) is 1.97. The van der Waals surface area contributed by atoms with E-state index in [9.17, 15) is 9.59 Å². The number of likely N-dealkylation sites (N-methyl/N-ethyl adjacent to an activating group) is 1. The highest BCUT2D eigenvalue weighted by Crippen LogP contribution is 2.30. The Morgan fingerprint density at radius 1 is 1.47 bits per heavy atom. The van der Waals surface area contributed by atoms with Gasteiger partial charge in [-0.15, -0.1) is 11.3 Å². The van der Waals surface area contributed by atoms with Crippen molar-refractivity contribution in [3.05, 3.63) is 22.4 Å². The molecule has 0 radical (unpaired) electrons. The van der Waals surface area contributed by atoms with Crippen LogP contribution in [0.1, 0.15) is 24.6 Å². The van der Waals surface area contributed by atoms with Gasteiger partial charge in [0.25, 0.3) is 0 Å². The van der Waals surface area contributed by atoms with Gasteiger partial charge < -0.3 is 14.9 Å². The summed E-state index contributed by atoms with van der Waals surface area (Å²) in [4.78, 5) is 27.5. The maximum atomic E-state index is 12.4. The quantitative estimate of drug-likeness (QED) is 0.870. The van der Waals surface area contributed by atoms with Crippen LogP contribution in [0.2, 0.25) is 0 Å². The van der Waals surface area contributed by atoms with Crippen LogP contribution in [-0.2, 0) is 11.3 Å². The van der Waals surface area contributed by atoms with Crippen LogP contribution in [0.3, 0.4) is 0 Å². The number of amides is 2. The van der Waals surface area contributed by atoms with Gasteiger partial charge in [0.15, 0.2) is 0 Å². The molecule has 1 aromatic heterocycles. The van der Waals surface area contributed by atoms with Crippen molar-refractivity contribution < 1.29 is 14.7 Å². The van der Waals surface area contributed by atoms with Crippen LogP contribution in [0.25, 0.3) is 0 Å². The van der Waals surface area contributed by atoms with Crippen molar-refractivity contribution in [1.29, 1.82) is 0 Å². The minimum atomic E-state index is -0.970. The van der Waals surface area contributed by atoms with Crippen LogP contribution < -0.4 is 0 Å². The standard InChI is InChI=1S/C13H18N2O3S/c1-2-14(9-12(16)17)13(18)15(10-5-6-10)8-11-4-3-7-19-11/h3-4,7,10H,2,5-6,8-9H2,1H3,(H,16,17). The number of hydrogen-bond donors (Lipinski definition) is 1. The first-order chi connectivity index (χ1) is 9.11. The van der Waals surface area contributed by atoms with Crippen molar-refractivity contribution in [1.82, 2.24) is 9.80 Å². The molecule has 0 saturated heterocycles.